The Bertz CT molecular complexity index is 421. The molecule has 5 heteroatoms. The van der Waals surface area contributed by atoms with Crippen molar-refractivity contribution in [3.63, 3.8) is 0 Å². The Morgan fingerprint density at radius 2 is 2.24 bits per heavy atom. The van der Waals surface area contributed by atoms with Gasteiger partial charge >= 0.3 is 0 Å². The van der Waals surface area contributed by atoms with Crippen LogP contribution >= 0.6 is 11.6 Å². The number of carbonyl (C=O) groups is 1. The molecule has 0 bridgehead atoms. The third-order valence-corrected chi connectivity index (χ3v) is 3.74. The smallest absolute Gasteiger partial charge is 0.268 e. The highest BCUT2D eigenvalue weighted by Crippen LogP contribution is 2.29. The van der Waals surface area contributed by atoms with E-state index in [1.54, 1.807) is 16.8 Å². The van der Waals surface area contributed by atoms with Crippen molar-refractivity contribution in [2.45, 2.75) is 31.2 Å². The summed E-state index contributed by atoms with van der Waals surface area (Å²) in [6, 6.07) is 1.68. The van der Waals surface area contributed by atoms with Gasteiger partial charge in [-0.25, -0.2) is 0 Å². The number of aromatic nitrogens is 1. The average Bonchev–Trinajstić information content (AvgIpc) is 2.86. The molecule has 3 N–H and O–H groups in total. The molecule has 1 aromatic rings. The van der Waals surface area contributed by atoms with Gasteiger partial charge in [-0.15, -0.1) is 0 Å². The van der Waals surface area contributed by atoms with E-state index in [1.807, 2.05) is 7.05 Å². The van der Waals surface area contributed by atoms with Crippen molar-refractivity contribution >= 4 is 17.5 Å². The van der Waals surface area contributed by atoms with E-state index >= 15 is 0 Å². The molecule has 4 nitrogen and oxygen atoms in total. The number of nitrogens with two attached hydrogens (primary N) is 1. The van der Waals surface area contributed by atoms with E-state index in [2.05, 4.69) is 5.32 Å². The van der Waals surface area contributed by atoms with Gasteiger partial charge in [0.05, 0.1) is 10.6 Å². The summed E-state index contributed by atoms with van der Waals surface area (Å²) in [7, 11) is 1.81. The molecule has 0 spiro atoms. The van der Waals surface area contributed by atoms with Crippen LogP contribution in [-0.4, -0.2) is 22.6 Å². The number of nitrogens with zero attached hydrogens (tertiary/aromatic N) is 1. The van der Waals surface area contributed by atoms with Gasteiger partial charge in [0.15, 0.2) is 0 Å². The summed E-state index contributed by atoms with van der Waals surface area (Å²) in [5, 5.41) is 3.64. The number of hydrogen-bond acceptors (Lipinski definition) is 2. The second kappa shape index (κ2) is 4.70. The zero-order chi connectivity index (χ0) is 12.5. The molecule has 17 heavy (non-hydrogen) atoms. The Morgan fingerprint density at radius 1 is 1.59 bits per heavy atom. The van der Waals surface area contributed by atoms with Crippen LogP contribution < -0.4 is 11.1 Å². The largest absolute Gasteiger partial charge is 0.345 e. The van der Waals surface area contributed by atoms with Gasteiger partial charge in [0, 0.05) is 19.8 Å². The molecule has 0 unspecified atom stereocenters. The first-order valence-corrected chi connectivity index (χ1v) is 6.29. The highest BCUT2D eigenvalue weighted by Gasteiger charge is 2.34. The van der Waals surface area contributed by atoms with Crippen LogP contribution in [0.1, 0.15) is 36.2 Å². The molecule has 1 amide bonds. The first-order valence-electron chi connectivity index (χ1n) is 5.91. The molecule has 2 rings (SSSR count). The normalized spacial score (nSPS) is 18.3. The fourth-order valence-electron chi connectivity index (χ4n) is 2.49. The van der Waals surface area contributed by atoms with Crippen LogP contribution in [-0.2, 0) is 7.05 Å². The SMILES string of the molecule is Cn1cc(Cl)cc1C(=O)NC1(CN)CCCC1. The lowest BCUT2D eigenvalue weighted by molar-refractivity contribution is 0.0894. The highest BCUT2D eigenvalue weighted by molar-refractivity contribution is 6.31. The minimum absolute atomic E-state index is 0.0910. The zero-order valence-electron chi connectivity index (χ0n) is 10.0. The van der Waals surface area contributed by atoms with Crippen molar-refractivity contribution < 1.29 is 4.79 Å². The molecule has 0 atom stereocenters. The third-order valence-electron chi connectivity index (χ3n) is 3.53. The Balaban J connectivity index is 2.13. The van der Waals surface area contributed by atoms with Gasteiger partial charge in [0.25, 0.3) is 5.91 Å². The van der Waals surface area contributed by atoms with Crippen LogP contribution in [0.4, 0.5) is 0 Å². The van der Waals surface area contributed by atoms with Crippen molar-refractivity contribution in [3.8, 4) is 0 Å². The van der Waals surface area contributed by atoms with Crippen LogP contribution in [0.25, 0.3) is 0 Å². The lowest BCUT2D eigenvalue weighted by Gasteiger charge is -2.28. The van der Waals surface area contributed by atoms with E-state index in [1.165, 1.54) is 0 Å². The maximum absolute atomic E-state index is 12.2. The van der Waals surface area contributed by atoms with E-state index in [-0.39, 0.29) is 11.4 Å². The number of nitrogens with one attached hydrogen (secondary N) is 1. The summed E-state index contributed by atoms with van der Waals surface area (Å²) in [6.07, 6.45) is 5.91. The van der Waals surface area contributed by atoms with Crippen LogP contribution in [0.5, 0.6) is 0 Å². The van der Waals surface area contributed by atoms with E-state index < -0.39 is 0 Å². The Labute approximate surface area is 106 Å². The van der Waals surface area contributed by atoms with E-state index in [9.17, 15) is 4.79 Å². The second-order valence-corrected chi connectivity index (χ2v) is 5.24. The molecule has 0 aliphatic heterocycles. The Hall–Kier alpha value is -1.00. The van der Waals surface area contributed by atoms with Crippen LogP contribution in [0, 0.1) is 0 Å². The summed E-state index contributed by atoms with van der Waals surface area (Å²) in [5.74, 6) is -0.0910. The number of carbonyl (C=O) groups excluding carboxylic acids is 1. The lowest BCUT2D eigenvalue weighted by Crippen LogP contribution is -2.51. The van der Waals surface area contributed by atoms with Crippen LogP contribution in [0.15, 0.2) is 12.3 Å². The monoisotopic (exact) mass is 255 g/mol. The summed E-state index contributed by atoms with van der Waals surface area (Å²) < 4.78 is 1.73. The van der Waals surface area contributed by atoms with Gasteiger partial charge in [0.2, 0.25) is 0 Å². The molecule has 1 aliphatic carbocycles. The Kier molecular flexibility index (Phi) is 3.45. The van der Waals surface area contributed by atoms with Crippen molar-refractivity contribution in [1.29, 1.82) is 0 Å². The van der Waals surface area contributed by atoms with E-state index in [4.69, 9.17) is 17.3 Å². The third kappa shape index (κ3) is 2.48. The molecule has 1 saturated carbocycles. The highest BCUT2D eigenvalue weighted by atomic mass is 35.5. The van der Waals surface area contributed by atoms with Gasteiger partial charge in [0.1, 0.15) is 5.69 Å². The van der Waals surface area contributed by atoms with Crippen molar-refractivity contribution in [3.05, 3.63) is 23.0 Å². The fourth-order valence-corrected chi connectivity index (χ4v) is 2.74. The molecule has 94 valence electrons. The summed E-state index contributed by atoms with van der Waals surface area (Å²) >= 11 is 5.87. The van der Waals surface area contributed by atoms with E-state index in [0.29, 0.717) is 17.3 Å². The second-order valence-electron chi connectivity index (χ2n) is 4.80. The van der Waals surface area contributed by atoms with Gasteiger partial charge in [-0.1, -0.05) is 24.4 Å². The van der Waals surface area contributed by atoms with Gasteiger partial charge in [-0.05, 0) is 18.9 Å². The maximum Gasteiger partial charge on any atom is 0.268 e. The van der Waals surface area contributed by atoms with Crippen molar-refractivity contribution in [2.24, 2.45) is 12.8 Å². The molecule has 1 aromatic heterocycles. The molecule has 0 radical (unpaired) electrons. The predicted molar refractivity (Wildman–Crippen MR) is 68.1 cm³/mol. The van der Waals surface area contributed by atoms with Crippen LogP contribution in [0.3, 0.4) is 0 Å². The van der Waals surface area contributed by atoms with Gasteiger partial charge in [-0.3, -0.25) is 4.79 Å². The molecular weight excluding hydrogens is 238 g/mol. The van der Waals surface area contributed by atoms with Crippen LogP contribution in [0.2, 0.25) is 5.02 Å². The number of rotatable bonds is 3. The van der Waals surface area contributed by atoms with Crippen molar-refractivity contribution in [2.75, 3.05) is 6.54 Å². The Morgan fingerprint density at radius 3 is 2.71 bits per heavy atom. The number of halogens is 1. The lowest BCUT2D eigenvalue weighted by atomic mass is 9.97. The number of aryl methyl sites for hydroxylation is 1. The number of amides is 1. The molecular formula is C12H18ClN3O. The summed E-state index contributed by atoms with van der Waals surface area (Å²) in [6.45, 7) is 0.497. The zero-order valence-corrected chi connectivity index (χ0v) is 10.8. The number of hydrogen-bond donors (Lipinski definition) is 2. The minimum atomic E-state index is -0.214. The molecule has 0 saturated heterocycles. The molecule has 1 heterocycles. The van der Waals surface area contributed by atoms with Crippen molar-refractivity contribution in [1.82, 2.24) is 9.88 Å². The minimum Gasteiger partial charge on any atom is -0.345 e. The molecule has 1 aliphatic rings. The topological polar surface area (TPSA) is 60.0 Å². The van der Waals surface area contributed by atoms with Gasteiger partial charge < -0.3 is 15.6 Å². The summed E-state index contributed by atoms with van der Waals surface area (Å²) in [4.78, 5) is 12.2. The summed E-state index contributed by atoms with van der Waals surface area (Å²) in [5.41, 5.74) is 6.15. The quantitative estimate of drug-likeness (QED) is 0.863. The molecule has 0 aromatic carbocycles. The predicted octanol–water partition coefficient (Wildman–Crippen LogP) is 1.68. The standard InChI is InChI=1S/C12H18ClN3O/c1-16-7-9(13)6-10(16)11(17)15-12(8-14)4-2-3-5-12/h6-7H,2-5,8,14H2,1H3,(H,15,17). The molecule has 1 fully saturated rings. The van der Waals surface area contributed by atoms with Gasteiger partial charge in [-0.2, -0.15) is 0 Å². The van der Waals surface area contributed by atoms with E-state index in [0.717, 1.165) is 25.7 Å². The maximum atomic E-state index is 12.2. The first-order chi connectivity index (χ1) is 8.06. The first kappa shape index (κ1) is 12.5. The fraction of sp³-hybridized carbons (Fsp3) is 0.583. The average molecular weight is 256 g/mol.